The molecular weight excluding hydrogens is 196 g/mol. The monoisotopic (exact) mass is 210 g/mol. The molecule has 0 spiro atoms. The number of hydrogen-bond acceptors (Lipinski definition) is 2. The van der Waals surface area contributed by atoms with Crippen molar-refractivity contribution in [3.8, 4) is 0 Å². The molecule has 0 aliphatic carbocycles. The fraction of sp³-hybridized carbons (Fsp3) is 0.400. The van der Waals surface area contributed by atoms with Crippen molar-refractivity contribution in [2.45, 2.75) is 26.8 Å². The van der Waals surface area contributed by atoms with Crippen molar-refractivity contribution in [1.29, 1.82) is 0 Å². The van der Waals surface area contributed by atoms with Crippen LogP contribution in [0.25, 0.3) is 0 Å². The molecule has 0 aliphatic rings. The van der Waals surface area contributed by atoms with Gasteiger partial charge in [-0.2, -0.15) is 0 Å². The lowest BCUT2D eigenvalue weighted by Crippen LogP contribution is -2.26. The van der Waals surface area contributed by atoms with Gasteiger partial charge in [-0.3, -0.25) is 4.79 Å². The Bertz CT molecular complexity index is 423. The molecule has 0 bridgehead atoms. The maximum atomic E-state index is 11.5. The van der Waals surface area contributed by atoms with Gasteiger partial charge in [0.05, 0.1) is 6.54 Å². The minimum Gasteiger partial charge on any atom is -0.465 e. The van der Waals surface area contributed by atoms with Gasteiger partial charge < -0.3 is 15.4 Å². The van der Waals surface area contributed by atoms with Crippen LogP contribution in [0.1, 0.15) is 23.7 Å². The van der Waals surface area contributed by atoms with E-state index < -0.39 is 6.09 Å². The number of aromatic nitrogens is 1. The molecule has 0 aromatic carbocycles. The topological polar surface area (TPSA) is 82.2 Å². The lowest BCUT2D eigenvalue weighted by atomic mass is 10.1. The summed E-state index contributed by atoms with van der Waals surface area (Å²) in [5.74, 6) is 0. The van der Waals surface area contributed by atoms with Gasteiger partial charge in [0.2, 0.25) is 0 Å². The van der Waals surface area contributed by atoms with Crippen LogP contribution in [-0.2, 0) is 13.0 Å². The van der Waals surface area contributed by atoms with Crippen molar-refractivity contribution in [3.63, 3.8) is 0 Å². The number of amides is 1. The standard InChI is InChI=1S/C10H14N2O3/c1-3-7-4-6(2)12-9(13)8(7)5-11-10(14)15/h4,11H,3,5H2,1-2H3,(H,12,13)(H,14,15). The Kier molecular flexibility index (Phi) is 3.49. The molecule has 0 unspecified atom stereocenters. The molecule has 1 aromatic heterocycles. The fourth-order valence-electron chi connectivity index (χ4n) is 1.46. The van der Waals surface area contributed by atoms with Crippen molar-refractivity contribution in [3.05, 3.63) is 33.2 Å². The molecule has 0 saturated heterocycles. The van der Waals surface area contributed by atoms with Crippen LogP contribution in [0, 0.1) is 6.92 Å². The van der Waals surface area contributed by atoms with Crippen LogP contribution in [0.2, 0.25) is 0 Å². The molecule has 0 aliphatic heterocycles. The van der Waals surface area contributed by atoms with Crippen LogP contribution in [0.5, 0.6) is 0 Å². The predicted octanol–water partition coefficient (Wildman–Crippen LogP) is 1.01. The summed E-state index contributed by atoms with van der Waals surface area (Å²) in [4.78, 5) is 24.5. The molecule has 0 atom stereocenters. The van der Waals surface area contributed by atoms with Gasteiger partial charge in [0.25, 0.3) is 5.56 Å². The second-order valence-corrected chi connectivity index (χ2v) is 3.30. The smallest absolute Gasteiger partial charge is 0.404 e. The van der Waals surface area contributed by atoms with Gasteiger partial charge in [0, 0.05) is 11.3 Å². The lowest BCUT2D eigenvalue weighted by molar-refractivity contribution is 0.194. The average molecular weight is 210 g/mol. The average Bonchev–Trinajstić information content (AvgIpc) is 2.14. The van der Waals surface area contributed by atoms with Gasteiger partial charge in [0.15, 0.2) is 0 Å². The van der Waals surface area contributed by atoms with Crippen LogP contribution in [-0.4, -0.2) is 16.2 Å². The van der Waals surface area contributed by atoms with Crippen molar-refractivity contribution in [2.24, 2.45) is 0 Å². The number of carbonyl (C=O) groups is 1. The molecule has 1 rings (SSSR count). The Morgan fingerprint density at radius 1 is 1.60 bits per heavy atom. The fourth-order valence-corrected chi connectivity index (χ4v) is 1.46. The summed E-state index contributed by atoms with van der Waals surface area (Å²) in [7, 11) is 0. The molecule has 0 saturated carbocycles. The number of carboxylic acid groups (broad SMARTS) is 1. The third kappa shape index (κ3) is 2.83. The molecule has 3 N–H and O–H groups in total. The highest BCUT2D eigenvalue weighted by Crippen LogP contribution is 2.05. The first-order valence-corrected chi connectivity index (χ1v) is 4.73. The second kappa shape index (κ2) is 4.63. The zero-order chi connectivity index (χ0) is 11.4. The van der Waals surface area contributed by atoms with E-state index >= 15 is 0 Å². The number of aromatic amines is 1. The third-order valence-corrected chi connectivity index (χ3v) is 2.16. The maximum Gasteiger partial charge on any atom is 0.404 e. The van der Waals surface area contributed by atoms with Crippen molar-refractivity contribution >= 4 is 6.09 Å². The van der Waals surface area contributed by atoms with Crippen molar-refractivity contribution in [1.82, 2.24) is 10.3 Å². The van der Waals surface area contributed by atoms with E-state index in [9.17, 15) is 9.59 Å². The molecule has 1 aromatic rings. The van der Waals surface area contributed by atoms with E-state index in [-0.39, 0.29) is 12.1 Å². The molecule has 5 nitrogen and oxygen atoms in total. The first kappa shape index (κ1) is 11.3. The van der Waals surface area contributed by atoms with E-state index in [0.29, 0.717) is 12.0 Å². The summed E-state index contributed by atoms with van der Waals surface area (Å²) in [5, 5.41) is 10.7. The van der Waals surface area contributed by atoms with Crippen molar-refractivity contribution < 1.29 is 9.90 Å². The number of hydrogen-bond donors (Lipinski definition) is 3. The zero-order valence-electron chi connectivity index (χ0n) is 8.76. The highest BCUT2D eigenvalue weighted by atomic mass is 16.4. The van der Waals surface area contributed by atoms with E-state index in [0.717, 1.165) is 11.3 Å². The highest BCUT2D eigenvalue weighted by Gasteiger charge is 2.07. The molecular formula is C10H14N2O3. The van der Waals surface area contributed by atoms with Gasteiger partial charge in [-0.15, -0.1) is 0 Å². The van der Waals surface area contributed by atoms with Crippen molar-refractivity contribution in [2.75, 3.05) is 0 Å². The molecule has 0 radical (unpaired) electrons. The van der Waals surface area contributed by atoms with Gasteiger partial charge in [-0.05, 0) is 25.0 Å². The van der Waals surface area contributed by atoms with Crippen LogP contribution in [0.15, 0.2) is 10.9 Å². The Morgan fingerprint density at radius 3 is 2.80 bits per heavy atom. The number of pyridine rings is 1. The van der Waals surface area contributed by atoms with Crippen LogP contribution >= 0.6 is 0 Å². The Hall–Kier alpha value is -1.78. The molecule has 0 fully saturated rings. The Balaban J connectivity index is 3.04. The maximum absolute atomic E-state index is 11.5. The normalized spacial score (nSPS) is 10.0. The predicted molar refractivity (Wildman–Crippen MR) is 56.0 cm³/mol. The highest BCUT2D eigenvalue weighted by molar-refractivity contribution is 5.64. The molecule has 5 heteroatoms. The Morgan fingerprint density at radius 2 is 2.27 bits per heavy atom. The van der Waals surface area contributed by atoms with Crippen LogP contribution < -0.4 is 10.9 Å². The van der Waals surface area contributed by atoms with E-state index in [1.54, 1.807) is 6.92 Å². The number of H-pyrrole nitrogens is 1. The minimum atomic E-state index is -1.13. The van der Waals surface area contributed by atoms with Gasteiger partial charge in [0.1, 0.15) is 0 Å². The summed E-state index contributed by atoms with van der Waals surface area (Å²) < 4.78 is 0. The quantitative estimate of drug-likeness (QED) is 0.696. The number of rotatable bonds is 3. The van der Waals surface area contributed by atoms with E-state index in [1.165, 1.54) is 0 Å². The lowest BCUT2D eigenvalue weighted by Gasteiger charge is -2.07. The van der Waals surface area contributed by atoms with E-state index in [2.05, 4.69) is 10.3 Å². The number of aryl methyl sites for hydroxylation is 2. The van der Waals surface area contributed by atoms with Crippen LogP contribution in [0.4, 0.5) is 4.79 Å². The number of nitrogens with one attached hydrogen (secondary N) is 2. The third-order valence-electron chi connectivity index (χ3n) is 2.16. The summed E-state index contributed by atoms with van der Waals surface area (Å²) in [6.45, 7) is 3.78. The zero-order valence-corrected chi connectivity index (χ0v) is 8.76. The summed E-state index contributed by atoms with van der Waals surface area (Å²) in [5.41, 5.74) is 1.94. The van der Waals surface area contributed by atoms with E-state index in [1.807, 2.05) is 13.0 Å². The molecule has 1 amide bonds. The molecule has 82 valence electrons. The summed E-state index contributed by atoms with van der Waals surface area (Å²) in [6.07, 6.45) is -0.418. The largest absolute Gasteiger partial charge is 0.465 e. The summed E-state index contributed by atoms with van der Waals surface area (Å²) >= 11 is 0. The summed E-state index contributed by atoms with van der Waals surface area (Å²) in [6, 6.07) is 1.86. The first-order valence-electron chi connectivity index (χ1n) is 4.73. The SMILES string of the molecule is CCc1cc(C)[nH]c(=O)c1CNC(=O)O. The molecule has 1 heterocycles. The minimum absolute atomic E-state index is 0.0497. The van der Waals surface area contributed by atoms with Crippen LogP contribution in [0.3, 0.4) is 0 Å². The Labute approximate surface area is 87.1 Å². The van der Waals surface area contributed by atoms with Gasteiger partial charge in [-0.1, -0.05) is 6.92 Å². The first-order chi connectivity index (χ1) is 7.04. The van der Waals surface area contributed by atoms with Gasteiger partial charge in [-0.25, -0.2) is 4.79 Å². The van der Waals surface area contributed by atoms with Gasteiger partial charge >= 0.3 is 6.09 Å². The molecule has 15 heavy (non-hydrogen) atoms. The van der Waals surface area contributed by atoms with E-state index in [4.69, 9.17) is 5.11 Å². The second-order valence-electron chi connectivity index (χ2n) is 3.30.